The molecule has 3 rings (SSSR count). The summed E-state index contributed by atoms with van der Waals surface area (Å²) in [6.45, 7) is 2.12. The smallest absolute Gasteiger partial charge is 0.132 e. The number of anilines is 1. The van der Waals surface area contributed by atoms with Crippen LogP contribution < -0.4 is 5.73 Å². The van der Waals surface area contributed by atoms with Crippen LogP contribution in [0.15, 0.2) is 22.7 Å². The number of rotatable bonds is 4. The summed E-state index contributed by atoms with van der Waals surface area (Å²) in [6, 6.07) is 5.08. The van der Waals surface area contributed by atoms with E-state index in [1.165, 1.54) is 12.1 Å². The van der Waals surface area contributed by atoms with Crippen molar-refractivity contribution in [1.82, 2.24) is 9.55 Å². The maximum absolute atomic E-state index is 13.5. The maximum atomic E-state index is 13.5. The highest BCUT2D eigenvalue weighted by molar-refractivity contribution is 9.10. The maximum Gasteiger partial charge on any atom is 0.132 e. The molecule has 2 N–H and O–H groups in total. The van der Waals surface area contributed by atoms with Crippen LogP contribution in [0.3, 0.4) is 0 Å². The molecule has 0 saturated heterocycles. The molecule has 3 nitrogen and oxygen atoms in total. The molecule has 1 aromatic heterocycles. The zero-order valence-corrected chi connectivity index (χ0v) is 13.0. The molecular formula is C15H17BrFN3. The topological polar surface area (TPSA) is 43.8 Å². The first-order valence-corrected chi connectivity index (χ1v) is 7.73. The number of benzene rings is 1. The summed E-state index contributed by atoms with van der Waals surface area (Å²) in [5.41, 5.74) is 7.69. The van der Waals surface area contributed by atoms with E-state index in [4.69, 9.17) is 5.73 Å². The predicted octanol–water partition coefficient (Wildman–Crippen LogP) is 4.32. The van der Waals surface area contributed by atoms with Crippen molar-refractivity contribution in [3.8, 4) is 11.3 Å². The van der Waals surface area contributed by atoms with Crippen molar-refractivity contribution in [2.24, 2.45) is 0 Å². The van der Waals surface area contributed by atoms with Crippen molar-refractivity contribution in [3.05, 3.63) is 34.3 Å². The van der Waals surface area contributed by atoms with Gasteiger partial charge < -0.3 is 10.3 Å². The van der Waals surface area contributed by atoms with Gasteiger partial charge in [-0.1, -0.05) is 22.9 Å². The number of imidazole rings is 1. The number of hydrogen-bond donors (Lipinski definition) is 1. The van der Waals surface area contributed by atoms with Gasteiger partial charge in [0.25, 0.3) is 0 Å². The summed E-state index contributed by atoms with van der Waals surface area (Å²) in [5, 5.41) is 0. The lowest BCUT2D eigenvalue weighted by molar-refractivity contribution is 0.628. The standard InChI is InChI=1S/C15H17BrFN3/c1-2-3-13-19-14(15(18)20(13)10-5-6-10)11-8-9(17)4-7-12(11)16/h4,7-8,10H,2-3,5-6,18H2,1H3. The molecule has 1 aromatic carbocycles. The Morgan fingerprint density at radius 3 is 2.85 bits per heavy atom. The zero-order chi connectivity index (χ0) is 14.3. The van der Waals surface area contributed by atoms with E-state index in [9.17, 15) is 4.39 Å². The highest BCUT2D eigenvalue weighted by atomic mass is 79.9. The molecular weight excluding hydrogens is 321 g/mol. The number of nitrogens with two attached hydrogens (primary N) is 1. The molecule has 0 aliphatic heterocycles. The largest absolute Gasteiger partial charge is 0.383 e. The number of nitrogen functional groups attached to an aromatic ring is 1. The van der Waals surface area contributed by atoms with Gasteiger partial charge in [0.2, 0.25) is 0 Å². The third kappa shape index (κ3) is 2.35. The number of aryl methyl sites for hydroxylation is 1. The van der Waals surface area contributed by atoms with E-state index in [1.54, 1.807) is 6.07 Å². The van der Waals surface area contributed by atoms with Crippen molar-refractivity contribution < 1.29 is 4.39 Å². The van der Waals surface area contributed by atoms with Crippen LogP contribution in [-0.4, -0.2) is 9.55 Å². The summed E-state index contributed by atoms with van der Waals surface area (Å²) in [7, 11) is 0. The number of nitrogens with zero attached hydrogens (tertiary/aromatic N) is 2. The monoisotopic (exact) mass is 337 g/mol. The fraction of sp³-hybridized carbons (Fsp3) is 0.400. The van der Waals surface area contributed by atoms with Gasteiger partial charge >= 0.3 is 0 Å². The van der Waals surface area contributed by atoms with Crippen molar-refractivity contribution in [1.29, 1.82) is 0 Å². The summed E-state index contributed by atoms with van der Waals surface area (Å²) < 4.78 is 16.4. The number of hydrogen-bond acceptors (Lipinski definition) is 2. The average molecular weight is 338 g/mol. The van der Waals surface area contributed by atoms with Crippen LogP contribution in [0.1, 0.15) is 38.1 Å². The minimum Gasteiger partial charge on any atom is -0.383 e. The second kappa shape index (κ2) is 5.20. The molecule has 5 heteroatoms. The highest BCUT2D eigenvalue weighted by Gasteiger charge is 2.30. The summed E-state index contributed by atoms with van der Waals surface area (Å²) in [6.07, 6.45) is 4.22. The average Bonchev–Trinajstić information content (AvgIpc) is 3.19. The van der Waals surface area contributed by atoms with Crippen molar-refractivity contribution in [3.63, 3.8) is 0 Å². The lowest BCUT2D eigenvalue weighted by Gasteiger charge is -2.07. The number of halogens is 2. The van der Waals surface area contributed by atoms with E-state index in [0.29, 0.717) is 17.6 Å². The van der Waals surface area contributed by atoms with E-state index >= 15 is 0 Å². The van der Waals surface area contributed by atoms with Gasteiger partial charge in [0.1, 0.15) is 23.2 Å². The van der Waals surface area contributed by atoms with Gasteiger partial charge in [-0.15, -0.1) is 0 Å². The van der Waals surface area contributed by atoms with Crippen LogP contribution in [0.2, 0.25) is 0 Å². The van der Waals surface area contributed by atoms with Crippen LogP contribution >= 0.6 is 15.9 Å². The second-order valence-corrected chi connectivity index (χ2v) is 6.09. The first kappa shape index (κ1) is 13.6. The molecule has 0 amide bonds. The van der Waals surface area contributed by atoms with Crippen molar-refractivity contribution in [2.75, 3.05) is 5.73 Å². The fourth-order valence-corrected chi connectivity index (χ4v) is 2.95. The SMILES string of the molecule is CCCc1nc(-c2cc(F)ccc2Br)c(N)n1C1CC1. The Kier molecular flexibility index (Phi) is 3.54. The Hall–Kier alpha value is -1.36. The van der Waals surface area contributed by atoms with Gasteiger partial charge in [0, 0.05) is 22.5 Å². The normalized spacial score (nSPS) is 14.8. The third-order valence-corrected chi connectivity index (χ3v) is 4.28. The predicted molar refractivity (Wildman–Crippen MR) is 82.0 cm³/mol. The Morgan fingerprint density at radius 1 is 1.45 bits per heavy atom. The lowest BCUT2D eigenvalue weighted by atomic mass is 10.1. The molecule has 1 aliphatic carbocycles. The molecule has 0 atom stereocenters. The Labute approximate surface area is 126 Å². The minimum atomic E-state index is -0.277. The summed E-state index contributed by atoms with van der Waals surface area (Å²) in [5.74, 6) is 1.39. The van der Waals surface area contributed by atoms with Gasteiger partial charge in [-0.05, 0) is 37.5 Å². The molecule has 1 aliphatic rings. The first-order valence-electron chi connectivity index (χ1n) is 6.93. The van der Waals surface area contributed by atoms with E-state index in [1.807, 2.05) is 0 Å². The van der Waals surface area contributed by atoms with Crippen molar-refractivity contribution in [2.45, 2.75) is 38.6 Å². The molecule has 0 unspecified atom stereocenters. The molecule has 2 aromatic rings. The van der Waals surface area contributed by atoms with E-state index in [-0.39, 0.29) is 5.82 Å². The second-order valence-electron chi connectivity index (χ2n) is 5.24. The molecule has 0 radical (unpaired) electrons. The third-order valence-electron chi connectivity index (χ3n) is 3.59. The van der Waals surface area contributed by atoms with Gasteiger partial charge in [0.05, 0.1) is 0 Å². The zero-order valence-electron chi connectivity index (χ0n) is 11.4. The van der Waals surface area contributed by atoms with Crippen LogP contribution in [0.5, 0.6) is 0 Å². The Balaban J connectivity index is 2.13. The van der Waals surface area contributed by atoms with Crippen LogP contribution in [-0.2, 0) is 6.42 Å². The Morgan fingerprint density at radius 2 is 2.20 bits per heavy atom. The van der Waals surface area contributed by atoms with Gasteiger partial charge in [-0.25, -0.2) is 9.37 Å². The van der Waals surface area contributed by atoms with E-state index in [2.05, 4.69) is 32.4 Å². The fourth-order valence-electron chi connectivity index (χ4n) is 2.51. The van der Waals surface area contributed by atoms with Gasteiger partial charge in [0.15, 0.2) is 0 Å². The highest BCUT2D eigenvalue weighted by Crippen LogP contribution is 2.42. The Bertz CT molecular complexity index is 647. The molecule has 1 fully saturated rings. The summed E-state index contributed by atoms with van der Waals surface area (Å²) in [4.78, 5) is 4.67. The molecule has 0 spiro atoms. The molecule has 1 saturated carbocycles. The number of aromatic nitrogens is 2. The van der Waals surface area contributed by atoms with Crippen molar-refractivity contribution >= 4 is 21.7 Å². The molecule has 20 heavy (non-hydrogen) atoms. The first-order chi connectivity index (χ1) is 9.61. The quantitative estimate of drug-likeness (QED) is 0.902. The van der Waals surface area contributed by atoms with E-state index in [0.717, 1.165) is 41.5 Å². The van der Waals surface area contributed by atoms with Crippen LogP contribution in [0.4, 0.5) is 10.2 Å². The molecule has 106 valence electrons. The van der Waals surface area contributed by atoms with Gasteiger partial charge in [-0.3, -0.25) is 0 Å². The van der Waals surface area contributed by atoms with Gasteiger partial charge in [-0.2, -0.15) is 0 Å². The van der Waals surface area contributed by atoms with E-state index < -0.39 is 0 Å². The van der Waals surface area contributed by atoms with Crippen LogP contribution in [0, 0.1) is 5.82 Å². The lowest BCUT2D eigenvalue weighted by Crippen LogP contribution is -2.05. The minimum absolute atomic E-state index is 0.277. The summed E-state index contributed by atoms with van der Waals surface area (Å²) >= 11 is 3.46. The van der Waals surface area contributed by atoms with Crippen LogP contribution in [0.25, 0.3) is 11.3 Å². The molecule has 0 bridgehead atoms. The molecule has 1 heterocycles.